The van der Waals surface area contributed by atoms with Crippen molar-refractivity contribution < 1.29 is 4.79 Å². The number of amides is 1. The van der Waals surface area contributed by atoms with Gasteiger partial charge in [0.15, 0.2) is 0 Å². The van der Waals surface area contributed by atoms with Gasteiger partial charge in [0.2, 0.25) is 5.91 Å². The Morgan fingerprint density at radius 1 is 1.42 bits per heavy atom. The van der Waals surface area contributed by atoms with Gasteiger partial charge in [-0.1, -0.05) is 13.0 Å². The maximum absolute atomic E-state index is 11.6. The van der Waals surface area contributed by atoms with Crippen molar-refractivity contribution >= 4 is 11.7 Å². The highest BCUT2D eigenvalue weighted by Crippen LogP contribution is 2.16. The predicted octanol–water partition coefficient (Wildman–Crippen LogP) is 0.776. The summed E-state index contributed by atoms with van der Waals surface area (Å²) in [4.78, 5) is 18.3. The molecule has 0 aliphatic carbocycles. The van der Waals surface area contributed by atoms with E-state index in [1.807, 2.05) is 31.3 Å². The summed E-state index contributed by atoms with van der Waals surface area (Å²) < 4.78 is 0. The molecular weight excluding hydrogens is 240 g/mol. The second-order valence-electron chi connectivity index (χ2n) is 4.80. The highest BCUT2D eigenvalue weighted by molar-refractivity contribution is 5.78. The van der Waals surface area contributed by atoms with Crippen molar-refractivity contribution in [3.05, 3.63) is 24.4 Å². The molecule has 1 saturated heterocycles. The minimum atomic E-state index is 0.0955. The molecule has 2 heterocycles. The molecule has 0 aromatic carbocycles. The number of pyridine rings is 1. The number of aromatic nitrogens is 1. The van der Waals surface area contributed by atoms with E-state index in [0.717, 1.165) is 38.3 Å². The maximum Gasteiger partial charge on any atom is 0.234 e. The molecule has 0 spiro atoms. The second kappa shape index (κ2) is 7.09. The summed E-state index contributed by atoms with van der Waals surface area (Å²) in [5.74, 6) is 1.12. The second-order valence-corrected chi connectivity index (χ2v) is 4.80. The van der Waals surface area contributed by atoms with E-state index >= 15 is 0 Å². The number of rotatable bonds is 5. The molecule has 19 heavy (non-hydrogen) atoms. The standard InChI is InChI=1S/C14H22N4O/c1-2-15-11-14(19)17-12-6-9-18(10-7-12)13-5-3-4-8-16-13/h3-5,8,12,15H,2,6-7,9-11H2,1H3,(H,17,19). The molecule has 1 aliphatic heterocycles. The molecule has 1 fully saturated rings. The summed E-state index contributed by atoms with van der Waals surface area (Å²) in [6, 6.07) is 6.26. The summed E-state index contributed by atoms with van der Waals surface area (Å²) in [6.45, 7) is 5.13. The van der Waals surface area contributed by atoms with E-state index in [-0.39, 0.29) is 5.91 Å². The fourth-order valence-corrected chi connectivity index (χ4v) is 2.31. The van der Waals surface area contributed by atoms with Crippen molar-refractivity contribution in [3.63, 3.8) is 0 Å². The van der Waals surface area contributed by atoms with Crippen LogP contribution in [0, 0.1) is 0 Å². The fourth-order valence-electron chi connectivity index (χ4n) is 2.31. The van der Waals surface area contributed by atoms with E-state index in [0.29, 0.717) is 12.6 Å². The number of carbonyl (C=O) groups is 1. The first-order chi connectivity index (χ1) is 9.29. The topological polar surface area (TPSA) is 57.3 Å². The largest absolute Gasteiger partial charge is 0.356 e. The Balaban J connectivity index is 1.75. The number of hydrogen-bond donors (Lipinski definition) is 2. The van der Waals surface area contributed by atoms with Crippen molar-refractivity contribution in [3.8, 4) is 0 Å². The maximum atomic E-state index is 11.6. The van der Waals surface area contributed by atoms with Crippen LogP contribution in [-0.2, 0) is 4.79 Å². The van der Waals surface area contributed by atoms with Crippen LogP contribution >= 0.6 is 0 Å². The summed E-state index contributed by atoms with van der Waals surface area (Å²) in [7, 11) is 0. The lowest BCUT2D eigenvalue weighted by Gasteiger charge is -2.33. The first-order valence-corrected chi connectivity index (χ1v) is 6.95. The van der Waals surface area contributed by atoms with Crippen molar-refractivity contribution in [2.24, 2.45) is 0 Å². The number of likely N-dealkylation sites (N-methyl/N-ethyl adjacent to an activating group) is 1. The molecule has 1 amide bonds. The van der Waals surface area contributed by atoms with Crippen molar-refractivity contribution in [2.75, 3.05) is 31.1 Å². The Morgan fingerprint density at radius 2 is 2.21 bits per heavy atom. The first-order valence-electron chi connectivity index (χ1n) is 6.95. The predicted molar refractivity (Wildman–Crippen MR) is 76.2 cm³/mol. The van der Waals surface area contributed by atoms with E-state index in [1.165, 1.54) is 0 Å². The number of anilines is 1. The van der Waals surface area contributed by atoms with Gasteiger partial charge < -0.3 is 15.5 Å². The zero-order valence-corrected chi connectivity index (χ0v) is 11.4. The van der Waals surface area contributed by atoms with E-state index < -0.39 is 0 Å². The van der Waals surface area contributed by atoms with Gasteiger partial charge in [-0.2, -0.15) is 0 Å². The Hall–Kier alpha value is -1.62. The summed E-state index contributed by atoms with van der Waals surface area (Å²) in [5.41, 5.74) is 0. The highest BCUT2D eigenvalue weighted by atomic mass is 16.1. The van der Waals surface area contributed by atoms with Crippen LogP contribution in [0.3, 0.4) is 0 Å². The first kappa shape index (κ1) is 13.8. The Labute approximate surface area is 114 Å². The summed E-state index contributed by atoms with van der Waals surface area (Å²) in [5, 5.41) is 6.12. The summed E-state index contributed by atoms with van der Waals surface area (Å²) in [6.07, 6.45) is 3.78. The smallest absolute Gasteiger partial charge is 0.234 e. The molecule has 2 N–H and O–H groups in total. The lowest BCUT2D eigenvalue weighted by atomic mass is 10.0. The van der Waals surface area contributed by atoms with Gasteiger partial charge in [-0.25, -0.2) is 4.98 Å². The monoisotopic (exact) mass is 262 g/mol. The molecule has 0 unspecified atom stereocenters. The fraction of sp³-hybridized carbons (Fsp3) is 0.571. The molecule has 0 atom stereocenters. The Morgan fingerprint density at radius 3 is 2.84 bits per heavy atom. The van der Waals surface area contributed by atoms with Crippen molar-refractivity contribution in [2.45, 2.75) is 25.8 Å². The number of hydrogen-bond acceptors (Lipinski definition) is 4. The lowest BCUT2D eigenvalue weighted by molar-refractivity contribution is -0.121. The van der Waals surface area contributed by atoms with Gasteiger partial charge in [0.25, 0.3) is 0 Å². The van der Waals surface area contributed by atoms with Crippen molar-refractivity contribution in [1.29, 1.82) is 0 Å². The van der Waals surface area contributed by atoms with Gasteiger partial charge in [-0.15, -0.1) is 0 Å². The van der Waals surface area contributed by atoms with Crippen LogP contribution in [0.5, 0.6) is 0 Å². The average molecular weight is 262 g/mol. The van der Waals surface area contributed by atoms with Crippen LogP contribution in [0.1, 0.15) is 19.8 Å². The Bertz CT molecular complexity index is 388. The van der Waals surface area contributed by atoms with Crippen LogP contribution in [0.25, 0.3) is 0 Å². The van der Waals surface area contributed by atoms with E-state index in [4.69, 9.17) is 0 Å². The number of nitrogens with zero attached hydrogens (tertiary/aromatic N) is 2. The number of carbonyl (C=O) groups excluding carboxylic acids is 1. The third-order valence-corrected chi connectivity index (χ3v) is 3.37. The summed E-state index contributed by atoms with van der Waals surface area (Å²) >= 11 is 0. The van der Waals surface area contributed by atoms with Gasteiger partial charge >= 0.3 is 0 Å². The molecule has 0 bridgehead atoms. The van der Waals surface area contributed by atoms with E-state index in [1.54, 1.807) is 0 Å². The van der Waals surface area contributed by atoms with E-state index in [9.17, 15) is 4.79 Å². The molecule has 1 aliphatic rings. The molecule has 1 aromatic rings. The average Bonchev–Trinajstić information content (AvgIpc) is 2.47. The zero-order valence-electron chi connectivity index (χ0n) is 11.4. The third kappa shape index (κ3) is 4.21. The molecule has 104 valence electrons. The normalized spacial score (nSPS) is 16.4. The number of nitrogens with one attached hydrogen (secondary N) is 2. The molecule has 0 saturated carbocycles. The van der Waals surface area contributed by atoms with Gasteiger partial charge in [0.05, 0.1) is 6.54 Å². The molecule has 5 heteroatoms. The zero-order chi connectivity index (χ0) is 13.5. The molecule has 5 nitrogen and oxygen atoms in total. The van der Waals surface area contributed by atoms with Gasteiger partial charge in [-0.05, 0) is 31.5 Å². The van der Waals surface area contributed by atoms with Crippen LogP contribution in [0.15, 0.2) is 24.4 Å². The van der Waals surface area contributed by atoms with E-state index in [2.05, 4.69) is 20.5 Å². The minimum Gasteiger partial charge on any atom is -0.356 e. The molecule has 0 radical (unpaired) electrons. The molecule has 1 aromatic heterocycles. The highest BCUT2D eigenvalue weighted by Gasteiger charge is 2.20. The van der Waals surface area contributed by atoms with Crippen molar-refractivity contribution in [1.82, 2.24) is 15.6 Å². The lowest BCUT2D eigenvalue weighted by Crippen LogP contribution is -2.47. The van der Waals surface area contributed by atoms with Crippen LogP contribution in [0.4, 0.5) is 5.82 Å². The molecule has 2 rings (SSSR count). The minimum absolute atomic E-state index is 0.0955. The van der Waals surface area contributed by atoms with Crippen LogP contribution in [-0.4, -0.2) is 43.1 Å². The third-order valence-electron chi connectivity index (χ3n) is 3.37. The van der Waals surface area contributed by atoms with Gasteiger partial charge in [0, 0.05) is 25.3 Å². The Kier molecular flexibility index (Phi) is 5.15. The van der Waals surface area contributed by atoms with Crippen LogP contribution in [0.2, 0.25) is 0 Å². The van der Waals surface area contributed by atoms with Gasteiger partial charge in [-0.3, -0.25) is 4.79 Å². The van der Waals surface area contributed by atoms with Gasteiger partial charge in [0.1, 0.15) is 5.82 Å². The SMILES string of the molecule is CCNCC(=O)NC1CCN(c2ccccn2)CC1. The van der Waals surface area contributed by atoms with Crippen LogP contribution < -0.4 is 15.5 Å². The number of piperidine rings is 1. The quantitative estimate of drug-likeness (QED) is 0.823. The molecular formula is C14H22N4O.